The van der Waals surface area contributed by atoms with Crippen molar-refractivity contribution in [1.29, 1.82) is 0 Å². The molecule has 1 amide bonds. The van der Waals surface area contributed by atoms with Gasteiger partial charge in [-0.1, -0.05) is 43.7 Å². The van der Waals surface area contributed by atoms with E-state index in [1.165, 1.54) is 0 Å². The molecule has 0 bridgehead atoms. The number of benzene rings is 2. The minimum atomic E-state index is -0.159. The van der Waals surface area contributed by atoms with Crippen LogP contribution in [0.15, 0.2) is 48.5 Å². The van der Waals surface area contributed by atoms with Gasteiger partial charge in [-0.05, 0) is 31.0 Å². The number of nitrogens with one attached hydrogen (secondary N) is 1. The van der Waals surface area contributed by atoms with Crippen LogP contribution in [-0.2, 0) is 4.79 Å². The summed E-state index contributed by atoms with van der Waals surface area (Å²) in [5.41, 5.74) is 1.74. The van der Waals surface area contributed by atoms with Crippen molar-refractivity contribution in [2.75, 3.05) is 19.0 Å². The highest BCUT2D eigenvalue weighted by molar-refractivity contribution is 5.96. The van der Waals surface area contributed by atoms with Crippen LogP contribution in [0.25, 0.3) is 0 Å². The van der Waals surface area contributed by atoms with E-state index in [1.807, 2.05) is 49.4 Å². The van der Waals surface area contributed by atoms with E-state index in [9.17, 15) is 4.79 Å². The molecule has 0 radical (unpaired) electrons. The second-order valence-electron chi connectivity index (χ2n) is 5.54. The van der Waals surface area contributed by atoms with E-state index in [0.29, 0.717) is 23.8 Å². The molecule has 2 aromatic carbocycles. The minimum absolute atomic E-state index is 0.00531. The lowest BCUT2D eigenvalue weighted by Crippen LogP contribution is -2.21. The molecule has 128 valence electrons. The summed E-state index contributed by atoms with van der Waals surface area (Å²) in [6, 6.07) is 15.3. The molecule has 2 rings (SSSR count). The summed E-state index contributed by atoms with van der Waals surface area (Å²) >= 11 is 0. The fourth-order valence-electron chi connectivity index (χ4n) is 2.67. The van der Waals surface area contributed by atoms with Crippen LogP contribution in [-0.4, -0.2) is 19.6 Å². The molecular weight excluding hydrogens is 302 g/mol. The van der Waals surface area contributed by atoms with Crippen LogP contribution >= 0.6 is 0 Å². The van der Waals surface area contributed by atoms with E-state index in [-0.39, 0.29) is 11.8 Å². The van der Waals surface area contributed by atoms with E-state index >= 15 is 0 Å². The Labute approximate surface area is 143 Å². The molecule has 24 heavy (non-hydrogen) atoms. The first-order valence-corrected chi connectivity index (χ1v) is 8.36. The average Bonchev–Trinajstić information content (AvgIpc) is 2.61. The molecule has 1 N–H and O–H groups in total. The van der Waals surface area contributed by atoms with Gasteiger partial charge in [0.1, 0.15) is 0 Å². The Balaban J connectivity index is 2.17. The summed E-state index contributed by atoms with van der Waals surface area (Å²) in [5, 5.41) is 2.99. The van der Waals surface area contributed by atoms with Crippen molar-refractivity contribution < 1.29 is 14.3 Å². The summed E-state index contributed by atoms with van der Waals surface area (Å²) in [5.74, 6) is 1.12. The first-order chi connectivity index (χ1) is 11.7. The number of methoxy groups -OCH3 is 1. The number of rotatable bonds is 8. The maximum Gasteiger partial charge on any atom is 0.231 e. The molecule has 2 aromatic rings. The van der Waals surface area contributed by atoms with Crippen LogP contribution in [0.4, 0.5) is 5.69 Å². The largest absolute Gasteiger partial charge is 0.493 e. The van der Waals surface area contributed by atoms with Gasteiger partial charge in [0, 0.05) is 11.8 Å². The van der Waals surface area contributed by atoms with Crippen molar-refractivity contribution in [3.63, 3.8) is 0 Å². The van der Waals surface area contributed by atoms with E-state index in [0.717, 1.165) is 18.4 Å². The standard InChI is InChI=1S/C20H25NO3/c1-4-9-17(15-10-7-6-8-11-15)20(22)21-16-12-13-18(24-5-2)19(14-16)23-3/h6-8,10-14,17H,4-5,9H2,1-3H3,(H,21,22)/t17-/m1/s1. The van der Waals surface area contributed by atoms with E-state index < -0.39 is 0 Å². The lowest BCUT2D eigenvalue weighted by atomic mass is 9.93. The number of carbonyl (C=O) groups excluding carboxylic acids is 1. The van der Waals surface area contributed by atoms with Crippen LogP contribution in [0.3, 0.4) is 0 Å². The third-order valence-electron chi connectivity index (χ3n) is 3.83. The summed E-state index contributed by atoms with van der Waals surface area (Å²) in [6.45, 7) is 4.57. The Kier molecular flexibility index (Phi) is 6.67. The third-order valence-corrected chi connectivity index (χ3v) is 3.83. The van der Waals surface area contributed by atoms with Gasteiger partial charge in [-0.15, -0.1) is 0 Å². The molecule has 0 aliphatic carbocycles. The van der Waals surface area contributed by atoms with Gasteiger partial charge >= 0.3 is 0 Å². The SMILES string of the molecule is CCC[C@@H](C(=O)Nc1ccc(OCC)c(OC)c1)c1ccccc1. The Bertz CT molecular complexity index is 655. The fraction of sp³-hybridized carbons (Fsp3) is 0.350. The highest BCUT2D eigenvalue weighted by Crippen LogP contribution is 2.31. The lowest BCUT2D eigenvalue weighted by Gasteiger charge is -2.17. The Hall–Kier alpha value is -2.49. The molecule has 0 aliphatic rings. The summed E-state index contributed by atoms with van der Waals surface area (Å²) in [6.07, 6.45) is 1.75. The molecule has 0 unspecified atom stereocenters. The van der Waals surface area contributed by atoms with Gasteiger partial charge in [-0.3, -0.25) is 4.79 Å². The van der Waals surface area contributed by atoms with Crippen molar-refractivity contribution >= 4 is 11.6 Å². The monoisotopic (exact) mass is 327 g/mol. The maximum absolute atomic E-state index is 12.7. The molecule has 0 aliphatic heterocycles. The van der Waals surface area contributed by atoms with Crippen LogP contribution in [0.2, 0.25) is 0 Å². The fourth-order valence-corrected chi connectivity index (χ4v) is 2.67. The highest BCUT2D eigenvalue weighted by Gasteiger charge is 2.20. The van der Waals surface area contributed by atoms with Crippen molar-refractivity contribution in [2.45, 2.75) is 32.6 Å². The molecule has 4 nitrogen and oxygen atoms in total. The van der Waals surface area contributed by atoms with Gasteiger partial charge < -0.3 is 14.8 Å². The molecule has 1 atom stereocenters. The van der Waals surface area contributed by atoms with E-state index in [2.05, 4.69) is 12.2 Å². The van der Waals surface area contributed by atoms with Gasteiger partial charge in [0.25, 0.3) is 0 Å². The second-order valence-corrected chi connectivity index (χ2v) is 5.54. The van der Waals surface area contributed by atoms with Gasteiger partial charge in [0.15, 0.2) is 11.5 Å². The summed E-state index contributed by atoms with van der Waals surface area (Å²) in [7, 11) is 1.59. The topological polar surface area (TPSA) is 47.6 Å². The quantitative estimate of drug-likeness (QED) is 0.770. The van der Waals surface area contributed by atoms with E-state index in [4.69, 9.17) is 9.47 Å². The Morgan fingerprint density at radius 3 is 2.46 bits per heavy atom. The number of ether oxygens (including phenoxy) is 2. The minimum Gasteiger partial charge on any atom is -0.493 e. The van der Waals surface area contributed by atoms with Gasteiger partial charge in [0.05, 0.1) is 19.6 Å². The first kappa shape index (κ1) is 17.9. The van der Waals surface area contributed by atoms with E-state index in [1.54, 1.807) is 13.2 Å². The van der Waals surface area contributed by atoms with Crippen molar-refractivity contribution in [1.82, 2.24) is 0 Å². The molecule has 0 fully saturated rings. The predicted octanol–water partition coefficient (Wildman–Crippen LogP) is 4.62. The van der Waals surface area contributed by atoms with Crippen LogP contribution in [0.1, 0.15) is 38.2 Å². The van der Waals surface area contributed by atoms with Crippen LogP contribution < -0.4 is 14.8 Å². The zero-order chi connectivity index (χ0) is 17.4. The lowest BCUT2D eigenvalue weighted by molar-refractivity contribution is -0.117. The average molecular weight is 327 g/mol. The number of carbonyl (C=O) groups is 1. The van der Waals surface area contributed by atoms with Gasteiger partial charge in [-0.25, -0.2) is 0 Å². The second kappa shape index (κ2) is 8.96. The van der Waals surface area contributed by atoms with Gasteiger partial charge in [-0.2, -0.15) is 0 Å². The van der Waals surface area contributed by atoms with Crippen molar-refractivity contribution in [2.24, 2.45) is 0 Å². The van der Waals surface area contributed by atoms with Crippen LogP contribution in [0.5, 0.6) is 11.5 Å². The molecule has 4 heteroatoms. The number of amides is 1. The number of hydrogen-bond acceptors (Lipinski definition) is 3. The molecular formula is C20H25NO3. The predicted molar refractivity (Wildman–Crippen MR) is 96.9 cm³/mol. The van der Waals surface area contributed by atoms with Crippen molar-refractivity contribution in [3.05, 3.63) is 54.1 Å². The number of anilines is 1. The smallest absolute Gasteiger partial charge is 0.231 e. The van der Waals surface area contributed by atoms with Crippen LogP contribution in [0, 0.1) is 0 Å². The normalized spacial score (nSPS) is 11.6. The summed E-state index contributed by atoms with van der Waals surface area (Å²) in [4.78, 5) is 12.7. The molecule has 0 spiro atoms. The molecule has 0 saturated carbocycles. The zero-order valence-electron chi connectivity index (χ0n) is 14.5. The Morgan fingerprint density at radius 1 is 1.08 bits per heavy atom. The molecule has 0 heterocycles. The Morgan fingerprint density at radius 2 is 1.83 bits per heavy atom. The summed E-state index contributed by atoms with van der Waals surface area (Å²) < 4.78 is 10.8. The molecule has 0 saturated heterocycles. The van der Waals surface area contributed by atoms with Crippen molar-refractivity contribution in [3.8, 4) is 11.5 Å². The number of hydrogen-bond donors (Lipinski definition) is 1. The highest BCUT2D eigenvalue weighted by atomic mass is 16.5. The first-order valence-electron chi connectivity index (χ1n) is 8.36. The zero-order valence-corrected chi connectivity index (χ0v) is 14.5. The van der Waals surface area contributed by atoms with Gasteiger partial charge in [0.2, 0.25) is 5.91 Å². The maximum atomic E-state index is 12.7. The third kappa shape index (κ3) is 4.51. The molecule has 0 aromatic heterocycles.